The molecule has 1 radical (unpaired) electrons. The fourth-order valence-electron chi connectivity index (χ4n) is 3.44. The number of alkyl halides is 3. The molecule has 0 N–H and O–H groups in total. The number of ether oxygens (including phenoxy) is 1. The van der Waals surface area contributed by atoms with E-state index in [1.807, 2.05) is 0 Å². The third-order valence-electron chi connectivity index (χ3n) is 4.88. The van der Waals surface area contributed by atoms with Crippen LogP contribution in [0.3, 0.4) is 0 Å². The molecule has 147 valence electrons. The van der Waals surface area contributed by atoms with Gasteiger partial charge in [0.2, 0.25) is 0 Å². The smallest absolute Gasteiger partial charge is 0.406 e. The second-order valence-corrected chi connectivity index (χ2v) is 7.53. The number of thiazole rings is 1. The van der Waals surface area contributed by atoms with Crippen LogP contribution in [-0.2, 0) is 6.42 Å². The van der Waals surface area contributed by atoms with Crippen LogP contribution in [0.5, 0.6) is 5.75 Å². The van der Waals surface area contributed by atoms with E-state index in [-0.39, 0.29) is 5.75 Å². The van der Waals surface area contributed by atoms with Gasteiger partial charge in [-0.15, -0.1) is 24.5 Å². The summed E-state index contributed by atoms with van der Waals surface area (Å²) in [5, 5.41) is 0. The molecular weight excluding hydrogens is 387 g/mol. The first-order valence-electron chi connectivity index (χ1n) is 9.05. The highest BCUT2D eigenvalue weighted by Gasteiger charge is 2.31. The van der Waals surface area contributed by atoms with Gasteiger partial charge in [-0.25, -0.2) is 4.98 Å². The van der Waals surface area contributed by atoms with Crippen molar-refractivity contribution in [2.45, 2.75) is 12.8 Å². The number of benzene rings is 2. The molecule has 1 aliphatic rings. The molecule has 0 spiro atoms. The monoisotopic (exact) mass is 406 g/mol. The molecular formula is C20H19F3N3OS. The highest BCUT2D eigenvalue weighted by molar-refractivity contribution is 7.16. The molecule has 1 saturated heterocycles. The van der Waals surface area contributed by atoms with Crippen LogP contribution >= 0.6 is 11.3 Å². The minimum atomic E-state index is -4.65. The van der Waals surface area contributed by atoms with Gasteiger partial charge in [0.05, 0.1) is 10.4 Å². The molecule has 2 aromatic carbocycles. The molecule has 0 saturated carbocycles. The Morgan fingerprint density at radius 2 is 1.79 bits per heavy atom. The first kappa shape index (κ1) is 19.0. The Morgan fingerprint density at radius 3 is 2.50 bits per heavy atom. The third-order valence-corrected chi connectivity index (χ3v) is 5.61. The Hall–Kier alpha value is -2.32. The van der Waals surface area contributed by atoms with Gasteiger partial charge in [-0.1, -0.05) is 18.2 Å². The number of fused-ring (bicyclic) bond motifs is 1. The average molecular weight is 406 g/mol. The predicted molar refractivity (Wildman–Crippen MR) is 104 cm³/mol. The second-order valence-electron chi connectivity index (χ2n) is 6.70. The molecule has 0 aliphatic carbocycles. The fourth-order valence-corrected chi connectivity index (χ4v) is 4.06. The lowest BCUT2D eigenvalue weighted by Gasteiger charge is -2.36. The number of nitrogens with zero attached hydrogens (tertiary/aromatic N) is 3. The molecule has 8 heteroatoms. The van der Waals surface area contributed by atoms with Gasteiger partial charge in [0.15, 0.2) is 5.51 Å². The minimum Gasteiger partial charge on any atom is -0.406 e. The zero-order valence-corrected chi connectivity index (χ0v) is 15.9. The van der Waals surface area contributed by atoms with Crippen LogP contribution in [0.15, 0.2) is 42.5 Å². The summed E-state index contributed by atoms with van der Waals surface area (Å²) in [6.07, 6.45) is -3.86. The van der Waals surface area contributed by atoms with E-state index in [0.717, 1.165) is 60.6 Å². The topological polar surface area (TPSA) is 28.6 Å². The first-order valence-corrected chi connectivity index (χ1v) is 9.87. The van der Waals surface area contributed by atoms with Crippen molar-refractivity contribution < 1.29 is 17.9 Å². The lowest BCUT2D eigenvalue weighted by Crippen LogP contribution is -2.47. The van der Waals surface area contributed by atoms with Crippen molar-refractivity contribution in [2.24, 2.45) is 0 Å². The number of halogens is 3. The Morgan fingerprint density at radius 1 is 1.04 bits per heavy atom. The maximum atomic E-state index is 12.2. The molecule has 1 aromatic heterocycles. The summed E-state index contributed by atoms with van der Waals surface area (Å²) < 4.78 is 41.7. The van der Waals surface area contributed by atoms with Gasteiger partial charge in [-0.3, -0.25) is 4.90 Å². The van der Waals surface area contributed by atoms with Gasteiger partial charge in [-0.05, 0) is 36.2 Å². The summed E-state index contributed by atoms with van der Waals surface area (Å²) in [6.45, 7) is 4.62. The molecule has 0 unspecified atom stereocenters. The number of aromatic nitrogens is 1. The molecule has 0 amide bonds. The van der Waals surface area contributed by atoms with Crippen molar-refractivity contribution >= 4 is 27.2 Å². The third kappa shape index (κ3) is 4.56. The standard InChI is InChI=1S/C20H19F3N3OS/c21-20(22,23)27-16-6-4-15(5-7-16)8-9-25-10-12-26(13-11-25)17-2-1-3-18-19(17)24-14-28-18/h1-7H,8-13H2. The maximum absolute atomic E-state index is 12.2. The molecule has 3 aromatic rings. The molecule has 1 fully saturated rings. The summed E-state index contributed by atoms with van der Waals surface area (Å²) in [4.78, 5) is 9.11. The number of hydrogen-bond donors (Lipinski definition) is 0. The highest BCUT2D eigenvalue weighted by atomic mass is 32.1. The van der Waals surface area contributed by atoms with Crippen molar-refractivity contribution in [2.75, 3.05) is 37.6 Å². The average Bonchev–Trinajstić information content (AvgIpc) is 3.16. The quantitative estimate of drug-likeness (QED) is 0.630. The number of para-hydroxylation sites is 1. The summed E-state index contributed by atoms with van der Waals surface area (Å²) in [5.74, 6) is -0.182. The molecule has 0 bridgehead atoms. The zero-order chi connectivity index (χ0) is 19.6. The van der Waals surface area contributed by atoms with E-state index >= 15 is 0 Å². The minimum absolute atomic E-state index is 0.182. The zero-order valence-electron chi connectivity index (χ0n) is 15.1. The van der Waals surface area contributed by atoms with Crippen LogP contribution < -0.4 is 9.64 Å². The van der Waals surface area contributed by atoms with E-state index in [2.05, 4.69) is 43.2 Å². The highest BCUT2D eigenvalue weighted by Crippen LogP contribution is 2.28. The summed E-state index contributed by atoms with van der Waals surface area (Å²) >= 11 is 1.53. The number of piperazine rings is 1. The van der Waals surface area contributed by atoms with Gasteiger partial charge >= 0.3 is 6.36 Å². The van der Waals surface area contributed by atoms with Gasteiger partial charge in [0, 0.05) is 32.7 Å². The van der Waals surface area contributed by atoms with Crippen molar-refractivity contribution in [3.8, 4) is 5.75 Å². The van der Waals surface area contributed by atoms with Crippen LogP contribution in [0.2, 0.25) is 0 Å². The lowest BCUT2D eigenvalue weighted by atomic mass is 10.1. The van der Waals surface area contributed by atoms with Crippen molar-refractivity contribution in [3.63, 3.8) is 0 Å². The van der Waals surface area contributed by atoms with E-state index in [4.69, 9.17) is 0 Å². The van der Waals surface area contributed by atoms with Gasteiger partial charge in [0.25, 0.3) is 0 Å². The molecule has 4 rings (SSSR count). The maximum Gasteiger partial charge on any atom is 0.573 e. The van der Waals surface area contributed by atoms with Crippen LogP contribution in [-0.4, -0.2) is 49.0 Å². The fraction of sp³-hybridized carbons (Fsp3) is 0.350. The van der Waals surface area contributed by atoms with E-state index in [0.29, 0.717) is 0 Å². The Balaban J connectivity index is 1.28. The molecule has 2 heterocycles. The van der Waals surface area contributed by atoms with E-state index in [1.165, 1.54) is 23.5 Å². The molecule has 28 heavy (non-hydrogen) atoms. The van der Waals surface area contributed by atoms with Crippen molar-refractivity contribution in [1.82, 2.24) is 9.88 Å². The SMILES string of the molecule is FC(F)(F)Oc1ccc(CCN2CCN(c3cccc4s[c]nc34)CC2)cc1. The summed E-state index contributed by atoms with van der Waals surface area (Å²) in [7, 11) is 0. The number of hydrogen-bond acceptors (Lipinski definition) is 5. The number of anilines is 1. The van der Waals surface area contributed by atoms with E-state index in [9.17, 15) is 13.2 Å². The van der Waals surface area contributed by atoms with Gasteiger partial charge < -0.3 is 9.64 Å². The van der Waals surface area contributed by atoms with Crippen LogP contribution in [0, 0.1) is 5.51 Å². The Kier molecular flexibility index (Phi) is 5.41. The Bertz CT molecular complexity index is 918. The van der Waals surface area contributed by atoms with Gasteiger partial charge in [-0.2, -0.15) is 0 Å². The van der Waals surface area contributed by atoms with E-state index in [1.54, 1.807) is 12.1 Å². The van der Waals surface area contributed by atoms with Crippen LogP contribution in [0.25, 0.3) is 10.2 Å². The van der Waals surface area contributed by atoms with E-state index < -0.39 is 6.36 Å². The second kappa shape index (κ2) is 7.97. The largest absolute Gasteiger partial charge is 0.573 e. The normalized spacial score (nSPS) is 15.9. The lowest BCUT2D eigenvalue weighted by molar-refractivity contribution is -0.274. The molecule has 0 atom stereocenters. The predicted octanol–water partition coefficient (Wildman–Crippen LogP) is 4.36. The molecule has 4 nitrogen and oxygen atoms in total. The summed E-state index contributed by atoms with van der Waals surface area (Å²) in [6, 6.07) is 12.3. The van der Waals surface area contributed by atoms with Crippen molar-refractivity contribution in [1.29, 1.82) is 0 Å². The van der Waals surface area contributed by atoms with Crippen molar-refractivity contribution in [3.05, 3.63) is 53.5 Å². The first-order chi connectivity index (χ1) is 13.5. The Labute approximate surface area is 165 Å². The summed E-state index contributed by atoms with van der Waals surface area (Å²) in [5.41, 5.74) is 6.14. The number of rotatable bonds is 5. The van der Waals surface area contributed by atoms with Crippen LogP contribution in [0.1, 0.15) is 5.56 Å². The van der Waals surface area contributed by atoms with Gasteiger partial charge in [0.1, 0.15) is 11.3 Å². The van der Waals surface area contributed by atoms with Crippen LogP contribution in [0.4, 0.5) is 18.9 Å². The molecule has 1 aliphatic heterocycles.